The van der Waals surface area contributed by atoms with E-state index in [0.29, 0.717) is 17.9 Å². The van der Waals surface area contributed by atoms with Crippen molar-refractivity contribution in [3.05, 3.63) is 90.2 Å². The van der Waals surface area contributed by atoms with Gasteiger partial charge in [-0.25, -0.2) is 8.42 Å². The molecule has 1 amide bonds. The van der Waals surface area contributed by atoms with Crippen LogP contribution in [-0.2, 0) is 21.2 Å². The number of carbonyl (C=O) groups excluding carboxylic acids is 1. The van der Waals surface area contributed by atoms with E-state index in [-0.39, 0.29) is 17.2 Å². The summed E-state index contributed by atoms with van der Waals surface area (Å²) in [4.78, 5) is 12.7. The quantitative estimate of drug-likeness (QED) is 0.425. The van der Waals surface area contributed by atoms with E-state index in [1.54, 1.807) is 49.6 Å². The van der Waals surface area contributed by atoms with Gasteiger partial charge in [0.05, 0.1) is 23.3 Å². The number of rotatable bonds is 7. The number of furan rings is 1. The number of benzene rings is 3. The predicted molar refractivity (Wildman–Crippen MR) is 126 cm³/mol. The number of anilines is 2. The van der Waals surface area contributed by atoms with Gasteiger partial charge >= 0.3 is 0 Å². The SMILES string of the molecule is CCN(c1ccccc1)S(=O)(=O)c1ccc(NC(=O)Cc2coc3cc(C)ccc23)cc1. The van der Waals surface area contributed by atoms with Gasteiger partial charge in [0.2, 0.25) is 5.91 Å². The number of fused-ring (bicyclic) bond motifs is 1. The molecule has 0 bridgehead atoms. The standard InChI is InChI=1S/C25H24N2O4S/c1-3-27(21-7-5-4-6-8-21)32(29,30)22-12-10-20(11-13-22)26-25(28)16-19-17-31-24-15-18(2)9-14-23(19)24/h4-15,17H,3,16H2,1-2H3,(H,26,28). The molecule has 1 N–H and O–H groups in total. The van der Waals surface area contributed by atoms with Gasteiger partial charge in [0.25, 0.3) is 10.0 Å². The Morgan fingerprint density at radius 1 is 1.00 bits per heavy atom. The topological polar surface area (TPSA) is 79.6 Å². The van der Waals surface area contributed by atoms with Crippen LogP contribution < -0.4 is 9.62 Å². The van der Waals surface area contributed by atoms with Crippen molar-refractivity contribution >= 4 is 38.3 Å². The monoisotopic (exact) mass is 448 g/mol. The van der Waals surface area contributed by atoms with Crippen LogP contribution in [0.1, 0.15) is 18.1 Å². The van der Waals surface area contributed by atoms with Gasteiger partial charge in [-0.3, -0.25) is 9.10 Å². The number of aryl methyl sites for hydroxylation is 1. The molecule has 0 aliphatic heterocycles. The average molecular weight is 449 g/mol. The summed E-state index contributed by atoms with van der Waals surface area (Å²) in [6.07, 6.45) is 1.76. The van der Waals surface area contributed by atoms with Gasteiger partial charge in [0, 0.05) is 23.2 Å². The molecule has 1 heterocycles. The Morgan fingerprint density at radius 2 is 1.72 bits per heavy atom. The molecule has 4 rings (SSSR count). The van der Waals surface area contributed by atoms with Crippen LogP contribution in [0.4, 0.5) is 11.4 Å². The maximum atomic E-state index is 13.1. The first-order chi connectivity index (χ1) is 15.4. The zero-order valence-corrected chi connectivity index (χ0v) is 18.7. The summed E-state index contributed by atoms with van der Waals surface area (Å²) < 4.78 is 33.1. The lowest BCUT2D eigenvalue weighted by Crippen LogP contribution is -2.30. The summed E-state index contributed by atoms with van der Waals surface area (Å²) in [7, 11) is -3.71. The molecule has 6 nitrogen and oxygen atoms in total. The van der Waals surface area contributed by atoms with Crippen molar-refractivity contribution in [1.29, 1.82) is 0 Å². The third-order valence-corrected chi connectivity index (χ3v) is 7.14. The Morgan fingerprint density at radius 3 is 2.41 bits per heavy atom. The normalized spacial score (nSPS) is 11.4. The van der Waals surface area contributed by atoms with E-state index >= 15 is 0 Å². The number of nitrogens with one attached hydrogen (secondary N) is 1. The zero-order chi connectivity index (χ0) is 22.7. The second-order valence-corrected chi connectivity index (χ2v) is 9.38. The van der Waals surface area contributed by atoms with Crippen LogP contribution in [0.2, 0.25) is 0 Å². The molecular formula is C25H24N2O4S. The predicted octanol–water partition coefficient (Wildman–Crippen LogP) is 5.14. The fourth-order valence-corrected chi connectivity index (χ4v) is 5.10. The summed E-state index contributed by atoms with van der Waals surface area (Å²) in [5.74, 6) is -0.205. The zero-order valence-electron chi connectivity index (χ0n) is 17.9. The highest BCUT2D eigenvalue weighted by Gasteiger charge is 2.23. The van der Waals surface area contributed by atoms with Gasteiger partial charge in [-0.15, -0.1) is 0 Å². The molecule has 164 valence electrons. The molecule has 0 aliphatic rings. The van der Waals surface area contributed by atoms with Gasteiger partial charge in [-0.1, -0.05) is 30.3 Å². The van der Waals surface area contributed by atoms with Gasteiger partial charge in [-0.2, -0.15) is 0 Å². The van der Waals surface area contributed by atoms with Crippen molar-refractivity contribution in [3.8, 4) is 0 Å². The molecule has 0 saturated heterocycles. The number of carbonyl (C=O) groups is 1. The molecule has 0 fully saturated rings. The highest BCUT2D eigenvalue weighted by molar-refractivity contribution is 7.92. The smallest absolute Gasteiger partial charge is 0.264 e. The minimum absolute atomic E-state index is 0.160. The van der Waals surface area contributed by atoms with Gasteiger partial charge in [-0.05, 0) is 61.9 Å². The number of nitrogens with zero attached hydrogens (tertiary/aromatic N) is 1. The molecule has 0 spiro atoms. The molecule has 0 aliphatic carbocycles. The number of amides is 1. The minimum atomic E-state index is -3.71. The van der Waals surface area contributed by atoms with E-state index in [0.717, 1.165) is 22.1 Å². The highest BCUT2D eigenvalue weighted by atomic mass is 32.2. The third-order valence-electron chi connectivity index (χ3n) is 5.22. The van der Waals surface area contributed by atoms with Crippen molar-refractivity contribution in [1.82, 2.24) is 0 Å². The summed E-state index contributed by atoms with van der Waals surface area (Å²) in [5.41, 5.74) is 3.78. The molecular weight excluding hydrogens is 424 g/mol. The largest absolute Gasteiger partial charge is 0.464 e. The molecule has 0 saturated carbocycles. The van der Waals surface area contributed by atoms with Crippen LogP contribution >= 0.6 is 0 Å². The van der Waals surface area contributed by atoms with Crippen LogP contribution in [0, 0.1) is 6.92 Å². The first kappa shape index (κ1) is 21.6. The van der Waals surface area contributed by atoms with Crippen LogP contribution in [0.5, 0.6) is 0 Å². The number of para-hydroxylation sites is 1. The molecule has 32 heavy (non-hydrogen) atoms. The highest BCUT2D eigenvalue weighted by Crippen LogP contribution is 2.25. The molecule has 3 aromatic carbocycles. The summed E-state index contributed by atoms with van der Waals surface area (Å²) >= 11 is 0. The van der Waals surface area contributed by atoms with E-state index in [2.05, 4.69) is 5.32 Å². The Labute approximate surface area is 187 Å². The lowest BCUT2D eigenvalue weighted by atomic mass is 10.1. The van der Waals surface area contributed by atoms with Crippen molar-refractivity contribution in [2.45, 2.75) is 25.2 Å². The molecule has 1 aromatic heterocycles. The van der Waals surface area contributed by atoms with Gasteiger partial charge in [0.1, 0.15) is 5.58 Å². The Hall–Kier alpha value is -3.58. The minimum Gasteiger partial charge on any atom is -0.464 e. The Bertz CT molecular complexity index is 1340. The van der Waals surface area contributed by atoms with Gasteiger partial charge in [0.15, 0.2) is 0 Å². The van der Waals surface area contributed by atoms with Gasteiger partial charge < -0.3 is 9.73 Å². The van der Waals surface area contributed by atoms with E-state index in [1.165, 1.54) is 16.4 Å². The van der Waals surface area contributed by atoms with E-state index in [9.17, 15) is 13.2 Å². The lowest BCUT2D eigenvalue weighted by molar-refractivity contribution is -0.115. The molecule has 0 unspecified atom stereocenters. The first-order valence-electron chi connectivity index (χ1n) is 10.3. The molecule has 0 atom stereocenters. The van der Waals surface area contributed by atoms with E-state index in [4.69, 9.17) is 4.42 Å². The van der Waals surface area contributed by atoms with Crippen LogP contribution in [-0.4, -0.2) is 20.9 Å². The Balaban J connectivity index is 1.47. The van der Waals surface area contributed by atoms with Crippen molar-refractivity contribution in [2.75, 3.05) is 16.2 Å². The van der Waals surface area contributed by atoms with Crippen molar-refractivity contribution in [2.24, 2.45) is 0 Å². The average Bonchev–Trinajstić information content (AvgIpc) is 3.16. The van der Waals surface area contributed by atoms with E-state index < -0.39 is 10.0 Å². The fourth-order valence-electron chi connectivity index (χ4n) is 3.63. The second-order valence-electron chi connectivity index (χ2n) is 7.52. The third kappa shape index (κ3) is 4.38. The van der Waals surface area contributed by atoms with Crippen LogP contribution in [0.15, 0.2) is 88.4 Å². The Kier molecular flexibility index (Phi) is 6.01. The summed E-state index contributed by atoms with van der Waals surface area (Å²) in [5, 5.41) is 3.73. The lowest BCUT2D eigenvalue weighted by Gasteiger charge is -2.23. The van der Waals surface area contributed by atoms with Crippen molar-refractivity contribution in [3.63, 3.8) is 0 Å². The van der Waals surface area contributed by atoms with Crippen LogP contribution in [0.25, 0.3) is 11.0 Å². The number of hydrogen-bond acceptors (Lipinski definition) is 4. The maximum Gasteiger partial charge on any atom is 0.264 e. The van der Waals surface area contributed by atoms with Crippen molar-refractivity contribution < 1.29 is 17.6 Å². The molecule has 4 aromatic rings. The van der Waals surface area contributed by atoms with Crippen LogP contribution in [0.3, 0.4) is 0 Å². The first-order valence-corrected chi connectivity index (χ1v) is 11.8. The number of sulfonamides is 1. The molecule has 7 heteroatoms. The second kappa shape index (κ2) is 8.88. The van der Waals surface area contributed by atoms with E-state index in [1.807, 2.05) is 31.2 Å². The molecule has 0 radical (unpaired) electrons. The summed E-state index contributed by atoms with van der Waals surface area (Å²) in [6, 6.07) is 21.0. The maximum absolute atomic E-state index is 13.1. The fraction of sp³-hybridized carbons (Fsp3) is 0.160. The number of hydrogen-bond donors (Lipinski definition) is 1. The summed E-state index contributed by atoms with van der Waals surface area (Å²) in [6.45, 7) is 4.08.